The van der Waals surface area contributed by atoms with Crippen LogP contribution >= 0.6 is 0 Å². The van der Waals surface area contributed by atoms with Gasteiger partial charge < -0.3 is 4.98 Å². The zero-order valence-electron chi connectivity index (χ0n) is 5.57. The molecule has 0 spiro atoms. The topological polar surface area (TPSA) is 54.5 Å². The van der Waals surface area contributed by atoms with E-state index in [2.05, 4.69) is 19.9 Å². The minimum atomic E-state index is 0. The quantitative estimate of drug-likeness (QED) is 0.549. The summed E-state index contributed by atoms with van der Waals surface area (Å²) >= 11 is 0. The van der Waals surface area contributed by atoms with Crippen LogP contribution in [0.2, 0.25) is 0 Å². The predicted octanol–water partition coefficient (Wildman–Crippen LogP) is 0.417. The van der Waals surface area contributed by atoms with Gasteiger partial charge in [-0.05, 0) is 0 Å². The van der Waals surface area contributed by atoms with E-state index in [-0.39, 0.29) is 1.43 Å². The molecule has 2 aliphatic rings. The zero-order chi connectivity index (χ0) is 6.10. The van der Waals surface area contributed by atoms with Crippen molar-refractivity contribution in [2.45, 2.75) is 0 Å². The second-order valence-electron chi connectivity index (χ2n) is 1.65. The fourth-order valence-corrected chi connectivity index (χ4v) is 0.686. The fourth-order valence-electron chi connectivity index (χ4n) is 0.686. The molecule has 0 fully saturated rings. The van der Waals surface area contributed by atoms with Gasteiger partial charge in [0.1, 0.15) is 12.0 Å². The summed E-state index contributed by atoms with van der Waals surface area (Å²) in [6.07, 6.45) is 4.83. The first-order valence-corrected chi connectivity index (χ1v) is 2.56. The van der Waals surface area contributed by atoms with Crippen molar-refractivity contribution in [3.8, 4) is 11.5 Å². The van der Waals surface area contributed by atoms with Gasteiger partial charge in [-0.3, -0.25) is 0 Å². The van der Waals surface area contributed by atoms with Crippen LogP contribution in [0.25, 0.3) is 11.5 Å². The molecule has 1 N–H and O–H groups in total. The van der Waals surface area contributed by atoms with E-state index in [4.69, 9.17) is 0 Å². The molecule has 4 nitrogen and oxygen atoms in total. The summed E-state index contributed by atoms with van der Waals surface area (Å²) in [6.45, 7) is 0. The van der Waals surface area contributed by atoms with Crippen molar-refractivity contribution < 1.29 is 1.43 Å². The monoisotopic (exact) mass is 121 g/mol. The Bertz CT molecular complexity index is 254. The Morgan fingerprint density at radius 2 is 2.33 bits per heavy atom. The predicted molar refractivity (Wildman–Crippen MR) is 31.9 cm³/mol. The van der Waals surface area contributed by atoms with Gasteiger partial charge in [-0.2, -0.15) is 0 Å². The molecule has 0 aromatic carbocycles. The molecule has 9 heavy (non-hydrogen) atoms. The molecule has 4 heteroatoms. The highest BCUT2D eigenvalue weighted by Crippen LogP contribution is 2.08. The first-order chi connectivity index (χ1) is 4.47. The lowest BCUT2D eigenvalue weighted by Gasteiger charge is -1.88. The van der Waals surface area contributed by atoms with Crippen LogP contribution in [0.1, 0.15) is 1.43 Å². The van der Waals surface area contributed by atoms with E-state index < -0.39 is 0 Å². The maximum absolute atomic E-state index is 3.91. The molecule has 0 aromatic heterocycles. The van der Waals surface area contributed by atoms with E-state index in [0.717, 1.165) is 5.69 Å². The average Bonchev–Trinajstić information content (AvgIpc) is 2.33. The second-order valence-corrected chi connectivity index (χ2v) is 1.65. The van der Waals surface area contributed by atoms with Gasteiger partial charge in [0, 0.05) is 6.20 Å². The van der Waals surface area contributed by atoms with E-state index in [1.165, 1.54) is 6.33 Å². The second kappa shape index (κ2) is 1.51. The molecule has 0 saturated carbocycles. The van der Waals surface area contributed by atoms with Crippen LogP contribution < -0.4 is 0 Å². The molecular weight excluding hydrogens is 116 g/mol. The van der Waals surface area contributed by atoms with Gasteiger partial charge in [0.15, 0.2) is 5.82 Å². The van der Waals surface area contributed by atoms with Crippen LogP contribution in [-0.4, -0.2) is 19.9 Å². The lowest BCUT2D eigenvalue weighted by Crippen LogP contribution is -1.84. The molecule has 0 unspecified atom stereocenters. The summed E-state index contributed by atoms with van der Waals surface area (Å²) in [5, 5.41) is 0. The third-order valence-electron chi connectivity index (χ3n) is 1.09. The summed E-state index contributed by atoms with van der Waals surface area (Å²) in [6, 6.07) is 0. The number of hydrogen-bond acceptors (Lipinski definition) is 3. The molecule has 0 amide bonds. The standard InChI is InChI=1S/C5H4N4/c1-4-5(8-2-6-1)9-3-7-4/h1-3H,(H,6,7,8,9)/p+1. The zero-order valence-corrected chi connectivity index (χ0v) is 4.57. The molecule has 0 atom stereocenters. The summed E-state index contributed by atoms with van der Waals surface area (Å²) in [4.78, 5) is 14.5. The lowest BCUT2D eigenvalue weighted by molar-refractivity contribution is 1.13. The number of H-pyrrole nitrogens is 1. The Hall–Kier alpha value is -1.45. The number of imidazole rings is 1. The maximum Gasteiger partial charge on any atom is 1.00 e. The number of hydrogen-bond donors (Lipinski definition) is 1. The maximum atomic E-state index is 3.91. The third kappa shape index (κ3) is 0.561. The van der Waals surface area contributed by atoms with E-state index >= 15 is 0 Å². The van der Waals surface area contributed by atoms with Crippen molar-refractivity contribution in [2.75, 3.05) is 0 Å². The first kappa shape index (κ1) is 4.43. The Balaban J connectivity index is 0.000000500. The molecule has 0 bridgehead atoms. The SMILES string of the molecule is [H+].c1nc2c[nH]cnc-2n1. The van der Waals surface area contributed by atoms with Gasteiger partial charge in [-0.25, -0.2) is 15.0 Å². The molecule has 0 radical (unpaired) electrons. The van der Waals surface area contributed by atoms with E-state index in [0.29, 0.717) is 5.82 Å². The molecule has 0 aromatic rings. The minimum absolute atomic E-state index is 0. The van der Waals surface area contributed by atoms with Crippen LogP contribution in [0.5, 0.6) is 0 Å². The summed E-state index contributed by atoms with van der Waals surface area (Å²) in [5.74, 6) is 0.689. The van der Waals surface area contributed by atoms with E-state index in [9.17, 15) is 0 Å². The van der Waals surface area contributed by atoms with Gasteiger partial charge in [-0.1, -0.05) is 0 Å². The number of fused-ring (bicyclic) bond motifs is 1. The largest absolute Gasteiger partial charge is 1.00 e. The molecular formula is C5H5N4+. The number of nitrogens with one attached hydrogen (secondary N) is 1. The van der Waals surface area contributed by atoms with Crippen LogP contribution in [0.4, 0.5) is 0 Å². The third-order valence-corrected chi connectivity index (χ3v) is 1.09. The summed E-state index contributed by atoms with van der Waals surface area (Å²) in [7, 11) is 0. The van der Waals surface area contributed by atoms with E-state index in [1.807, 2.05) is 0 Å². The highest BCUT2D eigenvalue weighted by Gasteiger charge is 2.01. The Morgan fingerprint density at radius 3 is 3.22 bits per heavy atom. The lowest BCUT2D eigenvalue weighted by atomic mass is 10.4. The highest BCUT2D eigenvalue weighted by molar-refractivity contribution is 5.46. The molecule has 0 aliphatic carbocycles. The Labute approximate surface area is 52.8 Å². The van der Waals surface area contributed by atoms with Gasteiger partial charge in [-0.15, -0.1) is 0 Å². The normalized spacial score (nSPS) is 10.2. The highest BCUT2D eigenvalue weighted by atomic mass is 15.0. The van der Waals surface area contributed by atoms with Crippen LogP contribution in [0.15, 0.2) is 18.9 Å². The van der Waals surface area contributed by atoms with Crippen molar-refractivity contribution in [1.82, 2.24) is 19.9 Å². The van der Waals surface area contributed by atoms with Crippen LogP contribution in [0.3, 0.4) is 0 Å². The molecule has 44 valence electrons. The fraction of sp³-hybridized carbons (Fsp3) is 0. The smallest absolute Gasteiger partial charge is 0.350 e. The van der Waals surface area contributed by atoms with Gasteiger partial charge in [0.2, 0.25) is 0 Å². The molecule has 2 aliphatic heterocycles. The minimum Gasteiger partial charge on any atom is -0.350 e. The molecule has 2 heterocycles. The van der Waals surface area contributed by atoms with Crippen LogP contribution in [0, 0.1) is 0 Å². The van der Waals surface area contributed by atoms with Crippen molar-refractivity contribution in [3.63, 3.8) is 0 Å². The van der Waals surface area contributed by atoms with Crippen molar-refractivity contribution >= 4 is 0 Å². The number of aromatic amines is 1. The van der Waals surface area contributed by atoms with Crippen LogP contribution in [-0.2, 0) is 0 Å². The number of rotatable bonds is 0. The van der Waals surface area contributed by atoms with Gasteiger partial charge >= 0.3 is 1.43 Å². The Morgan fingerprint density at radius 1 is 1.33 bits per heavy atom. The summed E-state index contributed by atoms with van der Waals surface area (Å²) < 4.78 is 0. The number of nitrogens with zero attached hydrogens (tertiary/aromatic N) is 3. The number of aromatic nitrogens is 4. The summed E-state index contributed by atoms with van der Waals surface area (Å²) in [5.41, 5.74) is 0.803. The van der Waals surface area contributed by atoms with Gasteiger partial charge in [0.05, 0.1) is 6.33 Å². The van der Waals surface area contributed by atoms with E-state index in [1.54, 1.807) is 12.5 Å². The van der Waals surface area contributed by atoms with Crippen molar-refractivity contribution in [3.05, 3.63) is 18.9 Å². The average molecular weight is 121 g/mol. The molecule has 2 rings (SSSR count). The van der Waals surface area contributed by atoms with Gasteiger partial charge in [0.25, 0.3) is 0 Å². The van der Waals surface area contributed by atoms with Crippen molar-refractivity contribution in [2.24, 2.45) is 0 Å². The van der Waals surface area contributed by atoms with Crippen molar-refractivity contribution in [1.29, 1.82) is 0 Å². The Kier molecular flexibility index (Phi) is 0.745. The molecule has 0 saturated heterocycles. The first-order valence-electron chi connectivity index (χ1n) is 2.56.